The molecule has 72 valence electrons. The predicted molar refractivity (Wildman–Crippen MR) is 45.3 cm³/mol. The number of carboxylic acid groups (broad SMARTS) is 1. The van der Waals surface area contributed by atoms with E-state index in [2.05, 4.69) is 5.10 Å². The smallest absolute Gasteiger partial charge is 0.333 e. The Morgan fingerprint density at radius 1 is 1.85 bits per heavy atom. The molecule has 0 fully saturated rings. The molecule has 13 heavy (non-hydrogen) atoms. The van der Waals surface area contributed by atoms with Gasteiger partial charge in [0, 0.05) is 32.5 Å². The molecule has 0 aliphatic carbocycles. The Labute approximate surface area is 75.9 Å². The number of aliphatic carboxylic acids is 1. The number of aryl methyl sites for hydroxylation is 1. The largest absolute Gasteiger partial charge is 0.479 e. The van der Waals surface area contributed by atoms with Crippen molar-refractivity contribution >= 4 is 5.97 Å². The van der Waals surface area contributed by atoms with E-state index < -0.39 is 12.1 Å². The quantitative estimate of drug-likeness (QED) is 0.718. The maximum absolute atomic E-state index is 10.6. The van der Waals surface area contributed by atoms with E-state index in [9.17, 15) is 4.79 Å². The highest BCUT2D eigenvalue weighted by molar-refractivity contribution is 5.72. The lowest BCUT2D eigenvalue weighted by atomic mass is 10.2. The third kappa shape index (κ3) is 2.29. The summed E-state index contributed by atoms with van der Waals surface area (Å²) in [6, 6.07) is 1.77. The van der Waals surface area contributed by atoms with Gasteiger partial charge in [-0.15, -0.1) is 0 Å². The molecule has 1 aromatic heterocycles. The molecule has 0 amide bonds. The van der Waals surface area contributed by atoms with E-state index in [1.807, 2.05) is 0 Å². The third-order valence-electron chi connectivity index (χ3n) is 1.88. The van der Waals surface area contributed by atoms with Crippen LogP contribution < -0.4 is 0 Å². The summed E-state index contributed by atoms with van der Waals surface area (Å²) in [5.41, 5.74) is 0.842. The minimum atomic E-state index is -0.955. The summed E-state index contributed by atoms with van der Waals surface area (Å²) in [4.78, 5) is 10.6. The minimum absolute atomic E-state index is 0.336. The molecular formula is C8H12N2O3. The number of ether oxygens (including phenoxy) is 1. The highest BCUT2D eigenvalue weighted by Gasteiger charge is 2.18. The first-order valence-electron chi connectivity index (χ1n) is 3.87. The molecule has 0 aliphatic rings. The number of methoxy groups -OCH3 is 1. The monoisotopic (exact) mass is 184 g/mol. The van der Waals surface area contributed by atoms with Gasteiger partial charge in [-0.05, 0) is 6.07 Å². The lowest BCUT2D eigenvalue weighted by Crippen LogP contribution is -2.25. The lowest BCUT2D eigenvalue weighted by molar-refractivity contribution is -0.148. The lowest BCUT2D eigenvalue weighted by Gasteiger charge is -2.09. The van der Waals surface area contributed by atoms with E-state index >= 15 is 0 Å². The molecule has 0 aliphatic heterocycles. The van der Waals surface area contributed by atoms with Crippen LogP contribution in [0.1, 0.15) is 5.69 Å². The molecule has 1 N–H and O–H groups in total. The first kappa shape index (κ1) is 9.73. The van der Waals surface area contributed by atoms with Crippen LogP contribution in [0.5, 0.6) is 0 Å². The Bertz CT molecular complexity index is 295. The van der Waals surface area contributed by atoms with Gasteiger partial charge in [-0.1, -0.05) is 0 Å². The average molecular weight is 184 g/mol. The fourth-order valence-corrected chi connectivity index (χ4v) is 1.06. The zero-order valence-corrected chi connectivity index (χ0v) is 7.60. The van der Waals surface area contributed by atoms with Crippen molar-refractivity contribution < 1.29 is 14.6 Å². The minimum Gasteiger partial charge on any atom is -0.479 e. The molecule has 1 aromatic rings. The van der Waals surface area contributed by atoms with Crippen LogP contribution in [0.4, 0.5) is 0 Å². The molecule has 1 unspecified atom stereocenters. The third-order valence-corrected chi connectivity index (χ3v) is 1.88. The van der Waals surface area contributed by atoms with Crippen LogP contribution in [0.25, 0.3) is 0 Å². The Morgan fingerprint density at radius 3 is 2.92 bits per heavy atom. The van der Waals surface area contributed by atoms with E-state index in [-0.39, 0.29) is 0 Å². The van der Waals surface area contributed by atoms with Crippen LogP contribution in [0.3, 0.4) is 0 Å². The van der Waals surface area contributed by atoms with E-state index in [0.717, 1.165) is 5.69 Å². The summed E-state index contributed by atoms with van der Waals surface area (Å²) in [5.74, 6) is -0.955. The molecule has 1 heterocycles. The molecule has 0 bridgehead atoms. The van der Waals surface area contributed by atoms with Gasteiger partial charge in [0.2, 0.25) is 0 Å². The molecule has 1 atom stereocenters. The molecule has 0 aromatic carbocycles. The van der Waals surface area contributed by atoms with Crippen LogP contribution in [-0.2, 0) is 23.0 Å². The SMILES string of the molecule is COC(Cc1ccnn1C)C(=O)O. The summed E-state index contributed by atoms with van der Waals surface area (Å²) in [6.45, 7) is 0. The number of aromatic nitrogens is 2. The molecule has 5 nitrogen and oxygen atoms in total. The molecule has 5 heteroatoms. The fourth-order valence-electron chi connectivity index (χ4n) is 1.06. The highest BCUT2D eigenvalue weighted by atomic mass is 16.5. The predicted octanol–water partition coefficient (Wildman–Crippen LogP) is 0.0622. The van der Waals surface area contributed by atoms with Gasteiger partial charge in [0.15, 0.2) is 6.10 Å². The second-order valence-electron chi connectivity index (χ2n) is 2.71. The maximum atomic E-state index is 10.6. The van der Waals surface area contributed by atoms with Gasteiger partial charge in [-0.25, -0.2) is 4.79 Å². The molecular weight excluding hydrogens is 172 g/mol. The van der Waals surface area contributed by atoms with Gasteiger partial charge in [0.1, 0.15) is 0 Å². The second kappa shape index (κ2) is 4.04. The van der Waals surface area contributed by atoms with Crippen LogP contribution in [0.15, 0.2) is 12.3 Å². The Kier molecular flexibility index (Phi) is 3.02. The topological polar surface area (TPSA) is 64.4 Å². The van der Waals surface area contributed by atoms with Crippen LogP contribution in [0, 0.1) is 0 Å². The standard InChI is InChI=1S/C8H12N2O3/c1-10-6(3-4-9-10)5-7(13-2)8(11)12/h3-4,7H,5H2,1-2H3,(H,11,12). The van der Waals surface area contributed by atoms with Gasteiger partial charge in [0.05, 0.1) is 0 Å². The number of nitrogens with zero attached hydrogens (tertiary/aromatic N) is 2. The van der Waals surface area contributed by atoms with E-state index in [1.165, 1.54) is 7.11 Å². The molecule has 1 rings (SSSR count). The molecule has 0 radical (unpaired) electrons. The van der Waals surface area contributed by atoms with Crippen molar-refractivity contribution in [1.82, 2.24) is 9.78 Å². The highest BCUT2D eigenvalue weighted by Crippen LogP contribution is 2.04. The van der Waals surface area contributed by atoms with Gasteiger partial charge in [0.25, 0.3) is 0 Å². The first-order valence-corrected chi connectivity index (χ1v) is 3.87. The van der Waals surface area contributed by atoms with Crippen LogP contribution >= 0.6 is 0 Å². The summed E-state index contributed by atoms with van der Waals surface area (Å²) in [6.07, 6.45) is 1.17. The Balaban J connectivity index is 2.67. The Hall–Kier alpha value is -1.36. The number of hydrogen-bond acceptors (Lipinski definition) is 3. The van der Waals surface area contributed by atoms with Crippen molar-refractivity contribution in [3.63, 3.8) is 0 Å². The molecule has 0 saturated heterocycles. The van der Waals surface area contributed by atoms with Crippen molar-refractivity contribution in [1.29, 1.82) is 0 Å². The van der Waals surface area contributed by atoms with Gasteiger partial charge < -0.3 is 9.84 Å². The summed E-state index contributed by atoms with van der Waals surface area (Å²) >= 11 is 0. The average Bonchev–Trinajstić information content (AvgIpc) is 2.46. The summed E-state index contributed by atoms with van der Waals surface area (Å²) in [5, 5.41) is 12.6. The maximum Gasteiger partial charge on any atom is 0.333 e. The van der Waals surface area contributed by atoms with Crippen molar-refractivity contribution in [3.05, 3.63) is 18.0 Å². The summed E-state index contributed by atoms with van der Waals surface area (Å²) < 4.78 is 6.43. The van der Waals surface area contributed by atoms with Crippen LogP contribution in [0.2, 0.25) is 0 Å². The van der Waals surface area contributed by atoms with Crippen molar-refractivity contribution in [2.24, 2.45) is 7.05 Å². The first-order chi connectivity index (χ1) is 6.15. The van der Waals surface area contributed by atoms with Gasteiger partial charge in [-0.3, -0.25) is 4.68 Å². The number of hydrogen-bond donors (Lipinski definition) is 1. The van der Waals surface area contributed by atoms with E-state index in [0.29, 0.717) is 6.42 Å². The van der Waals surface area contributed by atoms with Crippen molar-refractivity contribution in [2.45, 2.75) is 12.5 Å². The number of rotatable bonds is 4. The summed E-state index contributed by atoms with van der Waals surface area (Å²) in [7, 11) is 3.15. The van der Waals surface area contributed by atoms with E-state index in [1.54, 1.807) is 24.0 Å². The zero-order chi connectivity index (χ0) is 9.84. The van der Waals surface area contributed by atoms with Gasteiger partial charge >= 0.3 is 5.97 Å². The molecule has 0 spiro atoms. The second-order valence-corrected chi connectivity index (χ2v) is 2.71. The Morgan fingerprint density at radius 2 is 2.54 bits per heavy atom. The van der Waals surface area contributed by atoms with Crippen molar-refractivity contribution in [2.75, 3.05) is 7.11 Å². The zero-order valence-electron chi connectivity index (χ0n) is 7.60. The number of carbonyl (C=O) groups is 1. The fraction of sp³-hybridized carbons (Fsp3) is 0.500. The van der Waals surface area contributed by atoms with E-state index in [4.69, 9.17) is 9.84 Å². The normalized spacial score (nSPS) is 12.8. The molecule has 0 saturated carbocycles. The van der Waals surface area contributed by atoms with Gasteiger partial charge in [-0.2, -0.15) is 5.10 Å². The number of carboxylic acids is 1. The van der Waals surface area contributed by atoms with Crippen LogP contribution in [-0.4, -0.2) is 34.1 Å². The van der Waals surface area contributed by atoms with Crippen molar-refractivity contribution in [3.8, 4) is 0 Å².